The largest absolute Gasteiger partial charge is 0.384 e. The predicted octanol–water partition coefficient (Wildman–Crippen LogP) is 5.01. The summed E-state index contributed by atoms with van der Waals surface area (Å²) in [5.41, 5.74) is 0.968. The quantitative estimate of drug-likeness (QED) is 0.545. The Morgan fingerprint density at radius 3 is 2.59 bits per heavy atom. The predicted molar refractivity (Wildman–Crippen MR) is 82.3 cm³/mol. The zero-order valence-corrected chi connectivity index (χ0v) is 12.6. The minimum atomic E-state index is -0.464. The fourth-order valence-corrected chi connectivity index (χ4v) is 2.44. The highest BCUT2D eigenvalue weighted by atomic mass is 127. The van der Waals surface area contributed by atoms with Crippen LogP contribution in [0.25, 0.3) is 0 Å². The van der Waals surface area contributed by atoms with Crippen molar-refractivity contribution in [1.82, 2.24) is 0 Å². The van der Waals surface area contributed by atoms with E-state index in [-0.39, 0.29) is 0 Å². The molecule has 0 amide bonds. The van der Waals surface area contributed by atoms with Crippen molar-refractivity contribution in [3.05, 3.63) is 45.6 Å². The number of unbranched alkanes of at least 4 members (excludes halogenated alkanes) is 3. The normalized spacial score (nSPS) is 13.7. The zero-order chi connectivity index (χ0) is 12.5. The van der Waals surface area contributed by atoms with Crippen LogP contribution in [0.3, 0.4) is 0 Å². The van der Waals surface area contributed by atoms with Gasteiger partial charge in [0.05, 0.1) is 6.10 Å². The summed E-state index contributed by atoms with van der Waals surface area (Å²) in [7, 11) is 0. The van der Waals surface area contributed by atoms with Crippen LogP contribution in [0.4, 0.5) is 0 Å². The molecule has 0 fully saturated rings. The number of hydrogen-bond donors (Lipinski definition) is 1. The first kappa shape index (κ1) is 14.7. The molecule has 0 spiro atoms. The van der Waals surface area contributed by atoms with Gasteiger partial charge in [0.25, 0.3) is 0 Å². The van der Waals surface area contributed by atoms with Gasteiger partial charge in [-0.15, -0.1) is 0 Å². The van der Waals surface area contributed by atoms with Crippen molar-refractivity contribution in [2.75, 3.05) is 0 Å². The molecule has 0 aliphatic heterocycles. The summed E-state index contributed by atoms with van der Waals surface area (Å²) in [4.78, 5) is 0. The van der Waals surface area contributed by atoms with E-state index in [9.17, 15) is 5.11 Å². The van der Waals surface area contributed by atoms with Crippen LogP contribution in [0.15, 0.2) is 40.0 Å². The third kappa shape index (κ3) is 6.22. The topological polar surface area (TPSA) is 20.2 Å². The van der Waals surface area contributed by atoms with Crippen LogP contribution in [0.1, 0.15) is 50.7 Å². The molecule has 17 heavy (non-hydrogen) atoms. The number of hydrogen-bond acceptors (Lipinski definition) is 1. The van der Waals surface area contributed by atoms with Gasteiger partial charge in [0.1, 0.15) is 0 Å². The van der Waals surface area contributed by atoms with Gasteiger partial charge in [-0.1, -0.05) is 56.5 Å². The van der Waals surface area contributed by atoms with Crippen LogP contribution < -0.4 is 0 Å². The molecular weight excluding hydrogens is 323 g/mol. The molecule has 0 bridgehead atoms. The van der Waals surface area contributed by atoms with Crippen LogP contribution in [0.2, 0.25) is 0 Å². The molecule has 0 saturated carbocycles. The Labute approximate surface area is 118 Å². The van der Waals surface area contributed by atoms with Crippen LogP contribution in [-0.4, -0.2) is 5.11 Å². The Morgan fingerprint density at radius 2 is 1.94 bits per heavy atom. The highest BCUT2D eigenvalue weighted by molar-refractivity contribution is 14.1. The van der Waals surface area contributed by atoms with Crippen LogP contribution in [0, 0.1) is 0 Å². The first-order valence-corrected chi connectivity index (χ1v) is 7.41. The molecule has 1 aromatic carbocycles. The molecule has 0 radical (unpaired) electrons. The fourth-order valence-electron chi connectivity index (χ4n) is 1.72. The molecule has 1 atom stereocenters. The van der Waals surface area contributed by atoms with Gasteiger partial charge < -0.3 is 5.11 Å². The van der Waals surface area contributed by atoms with Crippen LogP contribution in [0.5, 0.6) is 0 Å². The number of rotatable bonds is 7. The average Bonchev–Trinajstić information content (AvgIpc) is 2.36. The Morgan fingerprint density at radius 1 is 1.24 bits per heavy atom. The lowest BCUT2D eigenvalue weighted by atomic mass is 10.1. The van der Waals surface area contributed by atoms with Gasteiger partial charge in [-0.3, -0.25) is 0 Å². The maximum atomic E-state index is 10.0. The van der Waals surface area contributed by atoms with Crippen LogP contribution in [-0.2, 0) is 0 Å². The van der Waals surface area contributed by atoms with Crippen molar-refractivity contribution in [1.29, 1.82) is 0 Å². The molecule has 0 aliphatic carbocycles. The van der Waals surface area contributed by atoms with Crippen LogP contribution >= 0.6 is 22.6 Å². The molecule has 0 aliphatic rings. The summed E-state index contributed by atoms with van der Waals surface area (Å²) < 4.78 is 1.26. The third-order valence-electron chi connectivity index (χ3n) is 2.75. The fraction of sp³-hybridized carbons (Fsp3) is 0.467. The van der Waals surface area contributed by atoms with Crippen molar-refractivity contribution < 1.29 is 5.11 Å². The SMILES string of the molecule is CCCCCC/C(I)=C/C(O)c1ccccc1. The highest BCUT2D eigenvalue weighted by Crippen LogP contribution is 2.22. The van der Waals surface area contributed by atoms with E-state index in [1.54, 1.807) is 0 Å². The van der Waals surface area contributed by atoms with Gasteiger partial charge >= 0.3 is 0 Å². The summed E-state index contributed by atoms with van der Waals surface area (Å²) in [6, 6.07) is 9.81. The summed E-state index contributed by atoms with van der Waals surface area (Å²) in [5.74, 6) is 0. The Kier molecular flexibility index (Phi) is 7.53. The second-order valence-corrected chi connectivity index (χ2v) is 5.67. The van der Waals surface area contributed by atoms with Gasteiger partial charge in [0.15, 0.2) is 0 Å². The van der Waals surface area contributed by atoms with E-state index >= 15 is 0 Å². The molecule has 94 valence electrons. The van der Waals surface area contributed by atoms with Gasteiger partial charge in [0.2, 0.25) is 0 Å². The van der Waals surface area contributed by atoms with Crippen molar-refractivity contribution in [2.24, 2.45) is 0 Å². The minimum Gasteiger partial charge on any atom is -0.384 e. The molecule has 1 nitrogen and oxygen atoms in total. The molecule has 1 rings (SSSR count). The van der Waals surface area contributed by atoms with Crippen molar-refractivity contribution in [3.8, 4) is 0 Å². The number of aliphatic hydroxyl groups excluding tert-OH is 1. The summed E-state index contributed by atoms with van der Waals surface area (Å²) >= 11 is 2.34. The lowest BCUT2D eigenvalue weighted by Crippen LogP contribution is -1.93. The molecule has 2 heteroatoms. The smallest absolute Gasteiger partial charge is 0.0981 e. The zero-order valence-electron chi connectivity index (χ0n) is 10.4. The molecule has 1 N–H and O–H groups in total. The van der Waals surface area contributed by atoms with E-state index in [0.29, 0.717) is 0 Å². The Bertz CT molecular complexity index is 332. The molecule has 0 aromatic heterocycles. The number of allylic oxidation sites excluding steroid dienone is 1. The maximum absolute atomic E-state index is 10.0. The van der Waals surface area contributed by atoms with Gasteiger partial charge in [-0.25, -0.2) is 0 Å². The van der Waals surface area contributed by atoms with Gasteiger partial charge in [0, 0.05) is 0 Å². The van der Waals surface area contributed by atoms with Gasteiger partial charge in [-0.2, -0.15) is 0 Å². The van der Waals surface area contributed by atoms with E-state index in [4.69, 9.17) is 0 Å². The van der Waals surface area contributed by atoms with E-state index in [1.165, 1.54) is 29.3 Å². The molecular formula is C15H21IO. The summed E-state index contributed by atoms with van der Waals surface area (Å²) in [5, 5.41) is 10.0. The van der Waals surface area contributed by atoms with Crippen molar-refractivity contribution in [3.63, 3.8) is 0 Å². The standard InChI is InChI=1S/C15H21IO/c1-2-3-4-8-11-14(16)12-15(17)13-9-6-5-7-10-13/h5-7,9-10,12,15,17H,2-4,8,11H2,1H3/b14-12-. The molecule has 0 saturated heterocycles. The van der Waals surface area contributed by atoms with E-state index in [1.807, 2.05) is 36.4 Å². The lowest BCUT2D eigenvalue weighted by Gasteiger charge is -2.07. The number of halogens is 1. The van der Waals surface area contributed by atoms with E-state index in [0.717, 1.165) is 12.0 Å². The Hall–Kier alpha value is -0.350. The molecule has 1 aromatic rings. The first-order chi connectivity index (χ1) is 8.24. The number of aliphatic hydroxyl groups is 1. The molecule has 1 unspecified atom stereocenters. The second kappa shape index (κ2) is 8.70. The van der Waals surface area contributed by atoms with E-state index in [2.05, 4.69) is 29.5 Å². The molecule has 0 heterocycles. The monoisotopic (exact) mass is 344 g/mol. The third-order valence-corrected chi connectivity index (χ3v) is 3.65. The lowest BCUT2D eigenvalue weighted by molar-refractivity contribution is 0.228. The van der Waals surface area contributed by atoms with Crippen molar-refractivity contribution in [2.45, 2.75) is 45.1 Å². The first-order valence-electron chi connectivity index (χ1n) is 6.33. The number of benzene rings is 1. The maximum Gasteiger partial charge on any atom is 0.0981 e. The average molecular weight is 344 g/mol. The van der Waals surface area contributed by atoms with Gasteiger partial charge in [-0.05, 0) is 50.7 Å². The van der Waals surface area contributed by atoms with Crippen molar-refractivity contribution >= 4 is 22.6 Å². The summed E-state index contributed by atoms with van der Waals surface area (Å²) in [6.45, 7) is 2.22. The minimum absolute atomic E-state index is 0.464. The second-order valence-electron chi connectivity index (χ2n) is 4.28. The Balaban J connectivity index is 2.40. The highest BCUT2D eigenvalue weighted by Gasteiger charge is 2.04. The van der Waals surface area contributed by atoms with E-state index < -0.39 is 6.10 Å². The summed E-state index contributed by atoms with van der Waals surface area (Å²) in [6.07, 6.45) is 7.68.